The van der Waals surface area contributed by atoms with Crippen LogP contribution in [0.1, 0.15) is 17.8 Å². The number of rotatable bonds is 5. The zero-order chi connectivity index (χ0) is 16.4. The van der Waals surface area contributed by atoms with Gasteiger partial charge >= 0.3 is 0 Å². The third kappa shape index (κ3) is 3.24. The van der Waals surface area contributed by atoms with E-state index in [2.05, 4.69) is 34.3 Å². The average molecular weight is 309 g/mol. The van der Waals surface area contributed by atoms with Crippen LogP contribution < -0.4 is 5.32 Å². The lowest BCUT2D eigenvalue weighted by molar-refractivity contribution is 0.405. The Bertz CT molecular complexity index is 842. The van der Waals surface area contributed by atoms with E-state index >= 15 is 0 Å². The zero-order valence-electron chi connectivity index (χ0n) is 14.2. The fourth-order valence-electron chi connectivity index (χ4n) is 2.70. The van der Waals surface area contributed by atoms with Gasteiger partial charge < -0.3 is 10.2 Å². The van der Waals surface area contributed by atoms with Gasteiger partial charge in [-0.1, -0.05) is 0 Å². The van der Waals surface area contributed by atoms with E-state index in [1.54, 1.807) is 0 Å². The molecule has 0 atom stereocenters. The Hall–Kier alpha value is -2.27. The molecule has 120 valence electrons. The number of hydrogen-bond donors (Lipinski definition) is 1. The van der Waals surface area contributed by atoms with Crippen LogP contribution in [0.5, 0.6) is 0 Å². The molecule has 2 heterocycles. The summed E-state index contributed by atoms with van der Waals surface area (Å²) in [6, 6.07) is 6.04. The molecular weight excluding hydrogens is 286 g/mol. The molecule has 0 fully saturated rings. The predicted octanol–water partition coefficient (Wildman–Crippen LogP) is 3.16. The maximum absolute atomic E-state index is 4.77. The normalized spacial score (nSPS) is 11.5. The van der Waals surface area contributed by atoms with E-state index in [1.807, 2.05) is 38.2 Å². The summed E-state index contributed by atoms with van der Waals surface area (Å²) in [5.74, 6) is 0. The molecule has 5 heteroatoms. The van der Waals surface area contributed by atoms with Crippen molar-refractivity contribution >= 4 is 27.6 Å². The zero-order valence-corrected chi connectivity index (χ0v) is 14.2. The Balaban J connectivity index is 2.03. The maximum atomic E-state index is 4.77. The first-order valence-electron chi connectivity index (χ1n) is 7.97. The lowest BCUT2D eigenvalue weighted by Gasteiger charge is -2.13. The molecule has 3 aromatic rings. The number of hydrogen-bond acceptors (Lipinski definition) is 5. The molecule has 1 aromatic carbocycles. The molecule has 0 saturated carbocycles. The number of nitrogens with zero attached hydrogens (tertiary/aromatic N) is 4. The molecule has 23 heavy (non-hydrogen) atoms. The molecule has 0 amide bonds. The molecule has 5 nitrogen and oxygen atoms in total. The van der Waals surface area contributed by atoms with Crippen molar-refractivity contribution in [2.24, 2.45) is 0 Å². The molecule has 2 aromatic heterocycles. The van der Waals surface area contributed by atoms with Gasteiger partial charge in [-0.05, 0) is 59.1 Å². The second-order valence-electron chi connectivity index (χ2n) is 6.16. The second kappa shape index (κ2) is 6.46. The summed E-state index contributed by atoms with van der Waals surface area (Å²) in [5, 5.41) is 4.60. The summed E-state index contributed by atoms with van der Waals surface area (Å²) >= 11 is 0. The number of aryl methyl sites for hydroxylation is 2. The molecule has 0 spiro atoms. The fraction of sp³-hybridized carbons (Fsp3) is 0.389. The first-order valence-corrected chi connectivity index (χ1v) is 7.97. The van der Waals surface area contributed by atoms with Crippen LogP contribution in [0.2, 0.25) is 0 Å². The average Bonchev–Trinajstić information content (AvgIpc) is 2.52. The second-order valence-corrected chi connectivity index (χ2v) is 6.16. The third-order valence-corrected chi connectivity index (χ3v) is 4.05. The minimum atomic E-state index is 0.921. The van der Waals surface area contributed by atoms with E-state index < -0.39 is 0 Å². The monoisotopic (exact) mass is 309 g/mol. The van der Waals surface area contributed by atoms with Gasteiger partial charge in [-0.15, -0.1) is 0 Å². The highest BCUT2D eigenvalue weighted by molar-refractivity contribution is 6.09. The summed E-state index contributed by atoms with van der Waals surface area (Å²) in [6.07, 6.45) is 2.93. The van der Waals surface area contributed by atoms with Gasteiger partial charge in [-0.3, -0.25) is 4.98 Å². The SMILES string of the molecule is Cc1nc2ccc3nccc(NCCCN(C)C)c3c2nc1C. The van der Waals surface area contributed by atoms with Gasteiger partial charge in [0.2, 0.25) is 0 Å². The minimum Gasteiger partial charge on any atom is -0.384 e. The summed E-state index contributed by atoms with van der Waals surface area (Å²) in [7, 11) is 4.19. The Morgan fingerprint density at radius 2 is 1.74 bits per heavy atom. The number of nitrogens with one attached hydrogen (secondary N) is 1. The number of aromatic nitrogens is 3. The largest absolute Gasteiger partial charge is 0.384 e. The van der Waals surface area contributed by atoms with Gasteiger partial charge in [0.25, 0.3) is 0 Å². The van der Waals surface area contributed by atoms with Crippen LogP contribution in [0.4, 0.5) is 5.69 Å². The smallest absolute Gasteiger partial charge is 0.100 e. The van der Waals surface area contributed by atoms with Gasteiger partial charge in [0, 0.05) is 18.4 Å². The Morgan fingerprint density at radius 1 is 1.00 bits per heavy atom. The van der Waals surface area contributed by atoms with E-state index in [0.29, 0.717) is 0 Å². The van der Waals surface area contributed by atoms with E-state index in [0.717, 1.165) is 58.5 Å². The van der Waals surface area contributed by atoms with Crippen molar-refractivity contribution in [2.45, 2.75) is 20.3 Å². The lowest BCUT2D eigenvalue weighted by Crippen LogP contribution is -2.16. The van der Waals surface area contributed by atoms with E-state index in [9.17, 15) is 0 Å². The van der Waals surface area contributed by atoms with Gasteiger partial charge in [0.1, 0.15) is 5.52 Å². The maximum Gasteiger partial charge on any atom is 0.100 e. The van der Waals surface area contributed by atoms with Crippen molar-refractivity contribution in [1.29, 1.82) is 0 Å². The predicted molar refractivity (Wildman–Crippen MR) is 96.0 cm³/mol. The summed E-state index contributed by atoms with van der Waals surface area (Å²) in [4.78, 5) is 16.1. The van der Waals surface area contributed by atoms with Crippen LogP contribution in [-0.2, 0) is 0 Å². The van der Waals surface area contributed by atoms with Crippen LogP contribution >= 0.6 is 0 Å². The van der Waals surface area contributed by atoms with Crippen LogP contribution in [0.3, 0.4) is 0 Å². The van der Waals surface area contributed by atoms with E-state index in [1.165, 1.54) is 0 Å². The quantitative estimate of drug-likeness (QED) is 0.579. The molecule has 0 aliphatic rings. The molecule has 0 aliphatic heterocycles. The van der Waals surface area contributed by atoms with Gasteiger partial charge in [0.05, 0.1) is 27.8 Å². The van der Waals surface area contributed by atoms with Gasteiger partial charge in [-0.2, -0.15) is 0 Å². The first kappa shape index (κ1) is 15.6. The fourth-order valence-corrected chi connectivity index (χ4v) is 2.70. The van der Waals surface area contributed by atoms with Crippen molar-refractivity contribution in [3.8, 4) is 0 Å². The summed E-state index contributed by atoms with van der Waals surface area (Å²) in [5.41, 5.74) is 5.82. The molecule has 0 unspecified atom stereocenters. The summed E-state index contributed by atoms with van der Waals surface area (Å²) in [6.45, 7) is 5.98. The Kier molecular flexibility index (Phi) is 4.39. The van der Waals surface area contributed by atoms with Crippen molar-refractivity contribution in [2.75, 3.05) is 32.5 Å². The van der Waals surface area contributed by atoms with Crippen LogP contribution in [-0.4, -0.2) is 47.0 Å². The van der Waals surface area contributed by atoms with Crippen molar-refractivity contribution in [1.82, 2.24) is 19.9 Å². The lowest BCUT2D eigenvalue weighted by atomic mass is 10.1. The number of anilines is 1. The van der Waals surface area contributed by atoms with Crippen molar-refractivity contribution in [3.05, 3.63) is 35.8 Å². The highest BCUT2D eigenvalue weighted by atomic mass is 15.1. The van der Waals surface area contributed by atoms with E-state index in [-0.39, 0.29) is 0 Å². The molecule has 0 saturated heterocycles. The molecule has 3 rings (SSSR count). The molecular formula is C18H23N5. The Morgan fingerprint density at radius 3 is 2.52 bits per heavy atom. The topological polar surface area (TPSA) is 53.9 Å². The number of pyridine rings is 1. The molecule has 0 aliphatic carbocycles. The molecule has 0 radical (unpaired) electrons. The standard InChI is InChI=1S/C18H23N5/c1-12-13(2)22-18-16(21-12)7-6-14-17(18)15(8-10-20-14)19-9-5-11-23(3)4/h6-8,10H,5,9,11H2,1-4H3,(H,19,20). The van der Waals surface area contributed by atoms with Gasteiger partial charge in [0.15, 0.2) is 0 Å². The van der Waals surface area contributed by atoms with Crippen molar-refractivity contribution < 1.29 is 0 Å². The first-order chi connectivity index (χ1) is 11.1. The third-order valence-electron chi connectivity index (χ3n) is 4.05. The highest BCUT2D eigenvalue weighted by Gasteiger charge is 2.10. The Labute approximate surface area is 136 Å². The minimum absolute atomic E-state index is 0.921. The summed E-state index contributed by atoms with van der Waals surface area (Å²) < 4.78 is 0. The van der Waals surface area contributed by atoms with Crippen LogP contribution in [0.15, 0.2) is 24.4 Å². The highest BCUT2D eigenvalue weighted by Crippen LogP contribution is 2.28. The van der Waals surface area contributed by atoms with E-state index in [4.69, 9.17) is 4.98 Å². The molecule has 0 bridgehead atoms. The molecule has 1 N–H and O–H groups in total. The number of benzene rings is 1. The number of fused-ring (bicyclic) bond motifs is 3. The van der Waals surface area contributed by atoms with Gasteiger partial charge in [-0.25, -0.2) is 9.97 Å². The van der Waals surface area contributed by atoms with Crippen LogP contribution in [0.25, 0.3) is 21.9 Å². The van der Waals surface area contributed by atoms with Crippen LogP contribution in [0, 0.1) is 13.8 Å². The van der Waals surface area contributed by atoms with Crippen molar-refractivity contribution in [3.63, 3.8) is 0 Å².